The number of hydrogen-bond acceptors (Lipinski definition) is 4. The van der Waals surface area contributed by atoms with Crippen molar-refractivity contribution in [1.29, 1.82) is 0 Å². The molecule has 0 aromatic carbocycles. The van der Waals surface area contributed by atoms with Crippen LogP contribution in [0.25, 0.3) is 0 Å². The van der Waals surface area contributed by atoms with Crippen molar-refractivity contribution in [3.05, 3.63) is 23.5 Å². The molecule has 2 N–H and O–H groups in total. The maximum absolute atomic E-state index is 11.6. The van der Waals surface area contributed by atoms with Gasteiger partial charge in [-0.15, -0.1) is 5.10 Å². The second-order valence-electron chi connectivity index (χ2n) is 4.12. The summed E-state index contributed by atoms with van der Waals surface area (Å²) in [5.41, 5.74) is -0.110. The zero-order chi connectivity index (χ0) is 14.0. The summed E-state index contributed by atoms with van der Waals surface area (Å²) in [6, 6.07) is -0.290. The molecule has 8 nitrogen and oxygen atoms in total. The number of urea groups is 1. The van der Waals surface area contributed by atoms with E-state index in [0.29, 0.717) is 18.1 Å². The fourth-order valence-corrected chi connectivity index (χ4v) is 1.69. The van der Waals surface area contributed by atoms with Crippen LogP contribution in [0.5, 0.6) is 0 Å². The Balaban J connectivity index is 1.83. The Kier molecular flexibility index (Phi) is 3.70. The summed E-state index contributed by atoms with van der Waals surface area (Å²) < 4.78 is 1.45. The number of hydrogen-bond donors (Lipinski definition) is 2. The number of likely N-dealkylation sites (tertiary alicyclic amines) is 1. The molecule has 9 heteroatoms. The molecule has 1 saturated heterocycles. The lowest BCUT2D eigenvalue weighted by Crippen LogP contribution is -2.54. The Hall–Kier alpha value is -2.09. The topological polar surface area (TPSA) is 100 Å². The van der Waals surface area contributed by atoms with Crippen molar-refractivity contribution in [2.24, 2.45) is 0 Å². The van der Waals surface area contributed by atoms with Gasteiger partial charge >= 0.3 is 12.0 Å². The number of amides is 2. The Bertz CT molecular complexity index is 523. The highest BCUT2D eigenvalue weighted by Crippen LogP contribution is 2.20. The van der Waals surface area contributed by atoms with Crippen LogP contribution in [0.1, 0.15) is 16.5 Å². The highest BCUT2D eigenvalue weighted by molar-refractivity contribution is 6.29. The Labute approximate surface area is 113 Å². The number of carbonyl (C=O) groups is 2. The first kappa shape index (κ1) is 13.3. The highest BCUT2D eigenvalue weighted by Gasteiger charge is 2.33. The number of aromatic carboxylic acids is 1. The third kappa shape index (κ3) is 3.02. The fourth-order valence-electron chi connectivity index (χ4n) is 1.62. The molecule has 0 aliphatic carbocycles. The molecule has 2 rings (SSSR count). The van der Waals surface area contributed by atoms with E-state index in [4.69, 9.17) is 16.7 Å². The first-order chi connectivity index (χ1) is 8.97. The van der Waals surface area contributed by atoms with Gasteiger partial charge in [-0.05, 0) is 0 Å². The summed E-state index contributed by atoms with van der Waals surface area (Å²) in [6.07, 6.45) is 1.35. The molecule has 2 heterocycles. The van der Waals surface area contributed by atoms with E-state index in [2.05, 4.69) is 22.2 Å². The van der Waals surface area contributed by atoms with Gasteiger partial charge in [0.15, 0.2) is 5.69 Å². The average molecular weight is 286 g/mol. The number of nitrogens with one attached hydrogen (secondary N) is 1. The van der Waals surface area contributed by atoms with Crippen LogP contribution in [0.15, 0.2) is 17.8 Å². The summed E-state index contributed by atoms with van der Waals surface area (Å²) >= 11 is 5.54. The first-order valence-electron chi connectivity index (χ1n) is 5.48. The number of carboxylic acids is 1. The summed E-state index contributed by atoms with van der Waals surface area (Å²) in [5, 5.41) is 18.9. The number of halogens is 1. The van der Waals surface area contributed by atoms with E-state index in [1.54, 1.807) is 4.90 Å². The van der Waals surface area contributed by atoms with Crippen molar-refractivity contribution in [2.45, 2.75) is 6.04 Å². The lowest BCUT2D eigenvalue weighted by molar-refractivity contribution is 0.0690. The minimum atomic E-state index is -1.12. The van der Waals surface area contributed by atoms with E-state index in [1.165, 1.54) is 10.9 Å². The number of rotatable bonds is 4. The number of carbonyl (C=O) groups excluding carboxylic acids is 1. The molecular weight excluding hydrogens is 274 g/mol. The van der Waals surface area contributed by atoms with Gasteiger partial charge < -0.3 is 15.3 Å². The lowest BCUT2D eigenvalue weighted by Gasteiger charge is -2.38. The van der Waals surface area contributed by atoms with Gasteiger partial charge in [0.2, 0.25) is 0 Å². The molecule has 0 spiro atoms. The van der Waals surface area contributed by atoms with Gasteiger partial charge in [0, 0.05) is 18.1 Å². The number of nitrogens with zero attached hydrogens (tertiary/aromatic N) is 4. The molecule has 0 unspecified atom stereocenters. The van der Waals surface area contributed by atoms with Crippen LogP contribution in [0, 0.1) is 0 Å². The van der Waals surface area contributed by atoms with Crippen LogP contribution in [0.4, 0.5) is 4.79 Å². The highest BCUT2D eigenvalue weighted by atomic mass is 35.5. The van der Waals surface area contributed by atoms with Crippen molar-refractivity contribution in [2.75, 3.05) is 19.6 Å². The van der Waals surface area contributed by atoms with E-state index < -0.39 is 5.97 Å². The molecule has 0 radical (unpaired) electrons. The number of aromatic nitrogens is 3. The largest absolute Gasteiger partial charge is 0.476 e. The lowest BCUT2D eigenvalue weighted by atomic mass is 10.1. The van der Waals surface area contributed by atoms with Crippen LogP contribution in [0.2, 0.25) is 0 Å². The predicted octanol–water partition coefficient (Wildman–Crippen LogP) is 0.295. The SMILES string of the molecule is C=C(Cl)CNC(=O)N1CC(n2cc(C(=O)O)nn2)C1. The maximum atomic E-state index is 11.6. The van der Waals surface area contributed by atoms with E-state index >= 15 is 0 Å². The summed E-state index contributed by atoms with van der Waals surface area (Å²) in [6.45, 7) is 4.58. The van der Waals surface area contributed by atoms with Gasteiger partial charge in [-0.25, -0.2) is 14.3 Å². The molecule has 1 aliphatic rings. The smallest absolute Gasteiger partial charge is 0.358 e. The second kappa shape index (κ2) is 5.27. The normalized spacial score (nSPS) is 14.9. The van der Waals surface area contributed by atoms with E-state index in [0.717, 1.165) is 0 Å². The Morgan fingerprint density at radius 1 is 1.58 bits per heavy atom. The third-order valence-corrected chi connectivity index (χ3v) is 2.82. The second-order valence-corrected chi connectivity index (χ2v) is 4.66. The zero-order valence-electron chi connectivity index (χ0n) is 9.91. The van der Waals surface area contributed by atoms with Crippen molar-refractivity contribution in [3.8, 4) is 0 Å². The van der Waals surface area contributed by atoms with Crippen molar-refractivity contribution in [1.82, 2.24) is 25.2 Å². The van der Waals surface area contributed by atoms with Crippen molar-refractivity contribution >= 4 is 23.6 Å². The third-order valence-electron chi connectivity index (χ3n) is 2.68. The van der Waals surface area contributed by atoms with Crippen LogP contribution in [-0.4, -0.2) is 56.6 Å². The summed E-state index contributed by atoms with van der Waals surface area (Å²) in [5.74, 6) is -1.12. The molecule has 102 valence electrons. The first-order valence-corrected chi connectivity index (χ1v) is 5.86. The molecule has 1 aromatic rings. The Morgan fingerprint density at radius 3 is 2.79 bits per heavy atom. The monoisotopic (exact) mass is 285 g/mol. The van der Waals surface area contributed by atoms with Crippen molar-refractivity contribution < 1.29 is 14.7 Å². The maximum Gasteiger partial charge on any atom is 0.358 e. The van der Waals surface area contributed by atoms with Gasteiger partial charge in [0.05, 0.1) is 18.8 Å². The van der Waals surface area contributed by atoms with Gasteiger partial charge in [-0.1, -0.05) is 23.4 Å². The van der Waals surface area contributed by atoms with Gasteiger partial charge in [-0.2, -0.15) is 0 Å². The molecular formula is C10H12ClN5O3. The quantitative estimate of drug-likeness (QED) is 0.828. The van der Waals surface area contributed by atoms with E-state index in [1.807, 2.05) is 0 Å². The fraction of sp³-hybridized carbons (Fsp3) is 0.400. The molecule has 2 amide bonds. The van der Waals surface area contributed by atoms with E-state index in [9.17, 15) is 9.59 Å². The molecule has 0 atom stereocenters. The molecule has 0 bridgehead atoms. The minimum Gasteiger partial charge on any atom is -0.476 e. The molecule has 0 saturated carbocycles. The predicted molar refractivity (Wildman–Crippen MR) is 66.0 cm³/mol. The molecule has 1 aliphatic heterocycles. The van der Waals surface area contributed by atoms with E-state index in [-0.39, 0.29) is 24.3 Å². The summed E-state index contributed by atoms with van der Waals surface area (Å²) in [4.78, 5) is 23.8. The van der Waals surface area contributed by atoms with Crippen LogP contribution < -0.4 is 5.32 Å². The Morgan fingerprint density at radius 2 is 2.26 bits per heavy atom. The van der Waals surface area contributed by atoms with Crippen LogP contribution in [0.3, 0.4) is 0 Å². The van der Waals surface area contributed by atoms with Gasteiger partial charge in [-0.3, -0.25) is 0 Å². The molecule has 1 aromatic heterocycles. The number of carboxylic acid groups (broad SMARTS) is 1. The van der Waals surface area contributed by atoms with Crippen LogP contribution in [-0.2, 0) is 0 Å². The van der Waals surface area contributed by atoms with Gasteiger partial charge in [0.1, 0.15) is 0 Å². The molecule has 1 fully saturated rings. The van der Waals surface area contributed by atoms with Gasteiger partial charge in [0.25, 0.3) is 0 Å². The molecule has 19 heavy (non-hydrogen) atoms. The van der Waals surface area contributed by atoms with Crippen molar-refractivity contribution in [3.63, 3.8) is 0 Å². The standard InChI is InChI=1S/C10H12ClN5O3/c1-6(11)2-12-10(19)15-3-7(4-15)16-5-8(9(17)18)13-14-16/h5,7H,1-4H2,(H,12,19)(H,17,18). The van der Waals surface area contributed by atoms with Crippen LogP contribution >= 0.6 is 11.6 Å². The zero-order valence-corrected chi connectivity index (χ0v) is 10.7. The minimum absolute atomic E-state index is 0.0504. The summed E-state index contributed by atoms with van der Waals surface area (Å²) in [7, 11) is 0. The average Bonchev–Trinajstić information content (AvgIpc) is 2.73.